The molecule has 0 radical (unpaired) electrons. The van der Waals surface area contributed by atoms with Gasteiger partial charge in [-0.3, -0.25) is 14.9 Å². The van der Waals surface area contributed by atoms with Gasteiger partial charge in [0.2, 0.25) is 0 Å². The number of benzene rings is 1. The SMILES string of the molecule is N#Cc1ccccc1OCC(=O)NC(=O)c1ccco1. The van der Waals surface area contributed by atoms with Crippen molar-refractivity contribution in [3.05, 3.63) is 54.0 Å². The first-order valence-corrected chi connectivity index (χ1v) is 5.70. The van der Waals surface area contributed by atoms with Crippen LogP contribution in [0.5, 0.6) is 5.75 Å². The zero-order valence-electron chi connectivity index (χ0n) is 10.3. The molecule has 2 rings (SSSR count). The van der Waals surface area contributed by atoms with Crippen molar-refractivity contribution >= 4 is 11.8 Å². The molecule has 6 heteroatoms. The molecule has 20 heavy (non-hydrogen) atoms. The monoisotopic (exact) mass is 270 g/mol. The number of nitrogens with one attached hydrogen (secondary N) is 1. The lowest BCUT2D eigenvalue weighted by molar-refractivity contribution is -0.122. The fourth-order valence-electron chi connectivity index (χ4n) is 1.46. The number of hydrogen-bond donors (Lipinski definition) is 1. The maximum Gasteiger partial charge on any atom is 0.293 e. The Balaban J connectivity index is 1.90. The standard InChI is InChI=1S/C14H10N2O4/c15-8-10-4-1-2-5-11(10)20-9-13(17)16-14(18)12-6-3-7-19-12/h1-7H,9H2,(H,16,17,18). The van der Waals surface area contributed by atoms with Crippen LogP contribution in [0.3, 0.4) is 0 Å². The fraction of sp³-hybridized carbons (Fsp3) is 0.0714. The molecular weight excluding hydrogens is 260 g/mol. The van der Waals surface area contributed by atoms with Gasteiger partial charge in [-0.05, 0) is 24.3 Å². The van der Waals surface area contributed by atoms with E-state index in [4.69, 9.17) is 14.4 Å². The first-order chi connectivity index (χ1) is 9.70. The molecule has 1 N–H and O–H groups in total. The number of hydrogen-bond acceptors (Lipinski definition) is 5. The van der Waals surface area contributed by atoms with E-state index in [9.17, 15) is 9.59 Å². The van der Waals surface area contributed by atoms with Crippen molar-refractivity contribution in [3.63, 3.8) is 0 Å². The number of carbonyl (C=O) groups is 2. The van der Waals surface area contributed by atoms with Crippen molar-refractivity contribution in [3.8, 4) is 11.8 Å². The van der Waals surface area contributed by atoms with E-state index in [0.29, 0.717) is 5.56 Å². The van der Waals surface area contributed by atoms with Gasteiger partial charge in [-0.2, -0.15) is 5.26 Å². The molecule has 2 aromatic rings. The summed E-state index contributed by atoms with van der Waals surface area (Å²) in [5.41, 5.74) is 0.317. The lowest BCUT2D eigenvalue weighted by Gasteiger charge is -2.07. The fourth-order valence-corrected chi connectivity index (χ4v) is 1.46. The lowest BCUT2D eigenvalue weighted by atomic mass is 10.2. The van der Waals surface area contributed by atoms with Crippen molar-refractivity contribution in [2.24, 2.45) is 0 Å². The largest absolute Gasteiger partial charge is 0.482 e. The minimum atomic E-state index is -0.642. The van der Waals surface area contributed by atoms with Gasteiger partial charge in [-0.1, -0.05) is 12.1 Å². The van der Waals surface area contributed by atoms with E-state index in [2.05, 4.69) is 5.32 Å². The summed E-state index contributed by atoms with van der Waals surface area (Å²) in [5, 5.41) is 11.0. The Morgan fingerprint density at radius 3 is 2.75 bits per heavy atom. The van der Waals surface area contributed by atoms with Gasteiger partial charge in [0.1, 0.15) is 11.8 Å². The van der Waals surface area contributed by atoms with Crippen molar-refractivity contribution in [1.82, 2.24) is 5.32 Å². The predicted molar refractivity (Wildman–Crippen MR) is 67.8 cm³/mol. The molecule has 1 aromatic heterocycles. The van der Waals surface area contributed by atoms with E-state index in [-0.39, 0.29) is 18.1 Å². The van der Waals surface area contributed by atoms with E-state index >= 15 is 0 Å². The highest BCUT2D eigenvalue weighted by molar-refractivity contribution is 6.03. The molecule has 0 bridgehead atoms. The van der Waals surface area contributed by atoms with Gasteiger partial charge in [0.05, 0.1) is 11.8 Å². The Labute approximate surface area is 114 Å². The van der Waals surface area contributed by atoms with Crippen molar-refractivity contribution in [2.75, 3.05) is 6.61 Å². The van der Waals surface area contributed by atoms with Crippen LogP contribution in [-0.2, 0) is 4.79 Å². The second-order valence-electron chi connectivity index (χ2n) is 3.75. The number of carbonyl (C=O) groups excluding carboxylic acids is 2. The molecule has 1 aromatic carbocycles. The first kappa shape index (κ1) is 13.4. The van der Waals surface area contributed by atoms with Crippen LogP contribution < -0.4 is 10.1 Å². The summed E-state index contributed by atoms with van der Waals surface area (Å²) in [6.45, 7) is -0.370. The quantitative estimate of drug-likeness (QED) is 0.908. The zero-order valence-corrected chi connectivity index (χ0v) is 10.3. The van der Waals surface area contributed by atoms with Crippen LogP contribution in [0.15, 0.2) is 47.1 Å². The third-order valence-electron chi connectivity index (χ3n) is 2.36. The number of nitrogens with zero attached hydrogens (tertiary/aromatic N) is 1. The van der Waals surface area contributed by atoms with Gasteiger partial charge in [0.25, 0.3) is 11.8 Å². The van der Waals surface area contributed by atoms with Crippen LogP contribution in [0, 0.1) is 11.3 Å². The molecule has 0 fully saturated rings. The number of furan rings is 1. The van der Waals surface area contributed by atoms with Crippen molar-refractivity contribution < 1.29 is 18.7 Å². The van der Waals surface area contributed by atoms with E-state index < -0.39 is 11.8 Å². The van der Waals surface area contributed by atoms with Gasteiger partial charge >= 0.3 is 0 Å². The van der Waals surface area contributed by atoms with E-state index in [1.165, 1.54) is 12.3 Å². The minimum absolute atomic E-state index is 0.0378. The van der Waals surface area contributed by atoms with Crippen LogP contribution in [0.1, 0.15) is 16.1 Å². The molecule has 6 nitrogen and oxygen atoms in total. The summed E-state index contributed by atoms with van der Waals surface area (Å²) >= 11 is 0. The average molecular weight is 270 g/mol. The molecule has 0 aliphatic carbocycles. The molecule has 1 heterocycles. The van der Waals surface area contributed by atoms with Gasteiger partial charge in [0, 0.05) is 0 Å². The normalized spacial score (nSPS) is 9.55. The van der Waals surface area contributed by atoms with Gasteiger partial charge in [0.15, 0.2) is 12.4 Å². The Morgan fingerprint density at radius 1 is 1.25 bits per heavy atom. The lowest BCUT2D eigenvalue weighted by Crippen LogP contribution is -2.34. The first-order valence-electron chi connectivity index (χ1n) is 5.70. The number of amides is 2. The van der Waals surface area contributed by atoms with Crippen molar-refractivity contribution in [1.29, 1.82) is 5.26 Å². The van der Waals surface area contributed by atoms with Gasteiger partial charge in [-0.15, -0.1) is 0 Å². The molecule has 0 saturated carbocycles. The van der Waals surface area contributed by atoms with Crippen molar-refractivity contribution in [2.45, 2.75) is 0 Å². The second kappa shape index (κ2) is 6.20. The Morgan fingerprint density at radius 2 is 2.05 bits per heavy atom. The smallest absolute Gasteiger partial charge is 0.293 e. The summed E-state index contributed by atoms with van der Waals surface area (Å²) in [6.07, 6.45) is 1.33. The maximum absolute atomic E-state index is 11.5. The molecule has 0 atom stereocenters. The topological polar surface area (TPSA) is 92.3 Å². The summed E-state index contributed by atoms with van der Waals surface area (Å²) in [7, 11) is 0. The zero-order chi connectivity index (χ0) is 14.4. The summed E-state index contributed by atoms with van der Waals surface area (Å²) < 4.78 is 10.0. The molecular formula is C14H10N2O4. The van der Waals surface area contributed by atoms with E-state index in [1.54, 1.807) is 30.3 Å². The maximum atomic E-state index is 11.5. The Hall–Kier alpha value is -3.07. The minimum Gasteiger partial charge on any atom is -0.482 e. The highest BCUT2D eigenvalue weighted by atomic mass is 16.5. The van der Waals surface area contributed by atoms with E-state index in [1.807, 2.05) is 6.07 Å². The molecule has 0 aliphatic heterocycles. The molecule has 100 valence electrons. The van der Waals surface area contributed by atoms with Crippen LogP contribution in [-0.4, -0.2) is 18.4 Å². The highest BCUT2D eigenvalue weighted by Crippen LogP contribution is 2.16. The number of ether oxygens (including phenoxy) is 1. The molecule has 2 amide bonds. The Kier molecular flexibility index (Phi) is 4.14. The van der Waals surface area contributed by atoms with Crippen LogP contribution in [0.25, 0.3) is 0 Å². The van der Waals surface area contributed by atoms with Gasteiger partial charge < -0.3 is 9.15 Å². The number of nitriles is 1. The number of imide groups is 1. The molecule has 0 spiro atoms. The Bertz CT molecular complexity index is 656. The highest BCUT2D eigenvalue weighted by Gasteiger charge is 2.13. The number of rotatable bonds is 4. The summed E-state index contributed by atoms with van der Waals surface area (Å²) in [4.78, 5) is 23.1. The molecule has 0 unspecified atom stereocenters. The van der Waals surface area contributed by atoms with Crippen LogP contribution in [0.2, 0.25) is 0 Å². The molecule has 0 aliphatic rings. The third-order valence-corrected chi connectivity index (χ3v) is 2.36. The third kappa shape index (κ3) is 3.23. The van der Waals surface area contributed by atoms with Crippen LogP contribution in [0.4, 0.5) is 0 Å². The van der Waals surface area contributed by atoms with E-state index in [0.717, 1.165) is 0 Å². The summed E-state index contributed by atoms with van der Waals surface area (Å²) in [6, 6.07) is 11.4. The molecule has 0 saturated heterocycles. The second-order valence-corrected chi connectivity index (χ2v) is 3.75. The number of para-hydroxylation sites is 1. The van der Waals surface area contributed by atoms with Crippen LogP contribution >= 0.6 is 0 Å². The average Bonchev–Trinajstić information content (AvgIpc) is 2.99. The summed E-state index contributed by atoms with van der Waals surface area (Å²) in [5.74, 6) is -0.942. The van der Waals surface area contributed by atoms with Gasteiger partial charge in [-0.25, -0.2) is 0 Å². The predicted octanol–water partition coefficient (Wildman–Crippen LogP) is 1.49.